The number of hydrogen-bond donors (Lipinski definition) is 1. The van der Waals surface area contributed by atoms with E-state index in [1.54, 1.807) is 30.3 Å². The number of ether oxygens (including phenoxy) is 2. The maximum absolute atomic E-state index is 14.7. The number of carboxylic acid groups (broad SMARTS) is 1. The lowest BCUT2D eigenvalue weighted by Crippen LogP contribution is -2.39. The predicted molar refractivity (Wildman–Crippen MR) is 95.2 cm³/mol. The molecule has 26 heavy (non-hydrogen) atoms. The number of methoxy groups -OCH3 is 2. The van der Waals surface area contributed by atoms with E-state index in [1.165, 1.54) is 20.3 Å². The molecule has 2 unspecified atom stereocenters. The van der Waals surface area contributed by atoms with Crippen LogP contribution in [0.4, 0.5) is 4.39 Å². The van der Waals surface area contributed by atoms with Gasteiger partial charge in [0.15, 0.2) is 11.5 Å². The fourth-order valence-electron chi connectivity index (χ4n) is 3.71. The van der Waals surface area contributed by atoms with E-state index >= 15 is 0 Å². The number of carboxylic acids is 1. The van der Waals surface area contributed by atoms with Crippen LogP contribution >= 0.6 is 0 Å². The summed E-state index contributed by atoms with van der Waals surface area (Å²) in [6, 6.07) is 10.6. The number of carbonyl (C=O) groups is 1. The fourth-order valence-corrected chi connectivity index (χ4v) is 3.71. The maximum atomic E-state index is 14.7. The van der Waals surface area contributed by atoms with Gasteiger partial charge in [0.1, 0.15) is 11.9 Å². The number of rotatable bonds is 6. The first kappa shape index (κ1) is 18.2. The van der Waals surface area contributed by atoms with E-state index in [0.29, 0.717) is 35.6 Å². The number of aliphatic carboxylic acids is 1. The summed E-state index contributed by atoms with van der Waals surface area (Å²) in [6.07, 6.45) is 1.28. The molecule has 0 aliphatic carbocycles. The molecule has 5 nitrogen and oxygen atoms in total. The highest BCUT2D eigenvalue weighted by Crippen LogP contribution is 2.43. The van der Waals surface area contributed by atoms with E-state index < -0.39 is 18.1 Å². The second kappa shape index (κ2) is 7.74. The molecular formula is C20H22FNO4. The van der Waals surface area contributed by atoms with Crippen LogP contribution in [0, 0.1) is 5.82 Å². The highest BCUT2D eigenvalue weighted by molar-refractivity contribution is 5.74. The van der Waals surface area contributed by atoms with Gasteiger partial charge in [0.05, 0.1) is 20.3 Å². The highest BCUT2D eigenvalue weighted by atomic mass is 19.1. The zero-order chi connectivity index (χ0) is 18.7. The third kappa shape index (κ3) is 3.24. The van der Waals surface area contributed by atoms with Crippen molar-refractivity contribution in [2.24, 2.45) is 0 Å². The van der Waals surface area contributed by atoms with Crippen molar-refractivity contribution in [1.29, 1.82) is 0 Å². The quantitative estimate of drug-likeness (QED) is 0.856. The molecule has 1 saturated heterocycles. The average molecular weight is 359 g/mol. The normalized spacial score (nSPS) is 18.5. The Bertz CT molecular complexity index is 795. The van der Waals surface area contributed by atoms with Crippen LogP contribution < -0.4 is 9.47 Å². The summed E-state index contributed by atoms with van der Waals surface area (Å²) in [4.78, 5) is 13.6. The molecule has 0 radical (unpaired) electrons. The van der Waals surface area contributed by atoms with E-state index in [2.05, 4.69) is 0 Å². The summed E-state index contributed by atoms with van der Waals surface area (Å²) in [5, 5.41) is 9.63. The predicted octanol–water partition coefficient (Wildman–Crippen LogP) is 3.48. The number of para-hydroxylation sites is 1. The van der Waals surface area contributed by atoms with Crippen molar-refractivity contribution in [1.82, 2.24) is 4.90 Å². The molecular weight excluding hydrogens is 337 g/mol. The standard InChI is InChI=1S/C20H22FNO4/c1-25-17-11-5-8-14(19(17)26-2)18(13-7-3-4-9-15(13)21)22-12-6-10-16(22)20(23)24/h3-5,7-9,11,16,18H,6,10,12H2,1-2H3,(H,23,24). The van der Waals surface area contributed by atoms with Crippen molar-refractivity contribution in [3.05, 3.63) is 59.4 Å². The summed E-state index contributed by atoms with van der Waals surface area (Å²) in [6.45, 7) is 0.566. The Morgan fingerprint density at radius 2 is 1.88 bits per heavy atom. The molecule has 1 aliphatic rings. The summed E-state index contributed by atoms with van der Waals surface area (Å²) in [5.41, 5.74) is 1.11. The van der Waals surface area contributed by atoms with E-state index in [0.717, 1.165) is 6.42 Å². The Balaban J connectivity index is 2.20. The minimum atomic E-state index is -0.897. The van der Waals surface area contributed by atoms with Crippen molar-refractivity contribution in [2.45, 2.75) is 24.9 Å². The number of halogens is 1. The lowest BCUT2D eigenvalue weighted by molar-refractivity contribution is -0.142. The molecule has 1 N–H and O–H groups in total. The minimum Gasteiger partial charge on any atom is -0.493 e. The van der Waals surface area contributed by atoms with Gasteiger partial charge in [-0.1, -0.05) is 30.3 Å². The third-order valence-electron chi connectivity index (χ3n) is 4.84. The van der Waals surface area contributed by atoms with Gasteiger partial charge in [0.25, 0.3) is 0 Å². The molecule has 0 aromatic heterocycles. The first-order valence-corrected chi connectivity index (χ1v) is 8.52. The molecule has 1 aliphatic heterocycles. The number of hydrogen-bond acceptors (Lipinski definition) is 4. The van der Waals surface area contributed by atoms with Crippen LogP contribution in [0.3, 0.4) is 0 Å². The molecule has 0 amide bonds. The van der Waals surface area contributed by atoms with Gasteiger partial charge in [0, 0.05) is 17.7 Å². The lowest BCUT2D eigenvalue weighted by Gasteiger charge is -2.33. The molecule has 6 heteroatoms. The molecule has 3 rings (SSSR count). The molecule has 138 valence electrons. The van der Waals surface area contributed by atoms with Gasteiger partial charge < -0.3 is 14.6 Å². The first-order chi connectivity index (χ1) is 12.6. The SMILES string of the molecule is COc1cccc(C(c2ccccc2F)N2CCCC2C(=O)O)c1OC. The van der Waals surface area contributed by atoms with Gasteiger partial charge in [-0.05, 0) is 25.0 Å². The topological polar surface area (TPSA) is 59.0 Å². The number of likely N-dealkylation sites (tertiary alicyclic amines) is 1. The number of benzene rings is 2. The maximum Gasteiger partial charge on any atom is 0.320 e. The van der Waals surface area contributed by atoms with Gasteiger partial charge in [0.2, 0.25) is 0 Å². The Morgan fingerprint density at radius 1 is 1.15 bits per heavy atom. The largest absolute Gasteiger partial charge is 0.493 e. The summed E-state index contributed by atoms with van der Waals surface area (Å²) >= 11 is 0. The van der Waals surface area contributed by atoms with Crippen molar-refractivity contribution in [2.75, 3.05) is 20.8 Å². The molecule has 0 saturated carbocycles. The van der Waals surface area contributed by atoms with Gasteiger partial charge in [-0.15, -0.1) is 0 Å². The van der Waals surface area contributed by atoms with E-state index in [9.17, 15) is 14.3 Å². The van der Waals surface area contributed by atoms with Gasteiger partial charge in [-0.3, -0.25) is 9.69 Å². The molecule has 2 atom stereocenters. The first-order valence-electron chi connectivity index (χ1n) is 8.52. The Morgan fingerprint density at radius 3 is 2.54 bits per heavy atom. The second-order valence-electron chi connectivity index (χ2n) is 6.24. The molecule has 1 fully saturated rings. The second-order valence-corrected chi connectivity index (χ2v) is 6.24. The van der Waals surface area contributed by atoms with Crippen LogP contribution in [0.5, 0.6) is 11.5 Å². The lowest BCUT2D eigenvalue weighted by atomic mass is 9.94. The van der Waals surface area contributed by atoms with Gasteiger partial charge in [-0.25, -0.2) is 4.39 Å². The summed E-state index contributed by atoms with van der Waals surface area (Å²) < 4.78 is 25.6. The van der Waals surface area contributed by atoms with Crippen LogP contribution in [0.1, 0.15) is 30.0 Å². The third-order valence-corrected chi connectivity index (χ3v) is 4.84. The Hall–Kier alpha value is -2.60. The Kier molecular flexibility index (Phi) is 5.42. The smallest absolute Gasteiger partial charge is 0.320 e. The van der Waals surface area contributed by atoms with Crippen molar-refractivity contribution in [3.8, 4) is 11.5 Å². The van der Waals surface area contributed by atoms with Crippen LogP contribution in [-0.4, -0.2) is 42.8 Å². The van der Waals surface area contributed by atoms with Crippen LogP contribution in [0.15, 0.2) is 42.5 Å². The molecule has 1 heterocycles. The average Bonchev–Trinajstić information content (AvgIpc) is 3.13. The van der Waals surface area contributed by atoms with Crippen molar-refractivity contribution >= 4 is 5.97 Å². The van der Waals surface area contributed by atoms with Crippen LogP contribution in [-0.2, 0) is 4.79 Å². The van der Waals surface area contributed by atoms with E-state index in [1.807, 2.05) is 11.0 Å². The zero-order valence-electron chi connectivity index (χ0n) is 14.8. The molecule has 2 aromatic rings. The van der Waals surface area contributed by atoms with Crippen LogP contribution in [0.2, 0.25) is 0 Å². The monoisotopic (exact) mass is 359 g/mol. The fraction of sp³-hybridized carbons (Fsp3) is 0.350. The van der Waals surface area contributed by atoms with Crippen molar-refractivity contribution in [3.63, 3.8) is 0 Å². The zero-order valence-corrected chi connectivity index (χ0v) is 14.8. The van der Waals surface area contributed by atoms with Crippen LogP contribution in [0.25, 0.3) is 0 Å². The molecule has 0 bridgehead atoms. The molecule has 2 aromatic carbocycles. The highest BCUT2D eigenvalue weighted by Gasteiger charge is 2.39. The van der Waals surface area contributed by atoms with E-state index in [4.69, 9.17) is 9.47 Å². The van der Waals surface area contributed by atoms with Gasteiger partial charge in [-0.2, -0.15) is 0 Å². The summed E-state index contributed by atoms with van der Waals surface area (Å²) in [5.74, 6) is -0.263. The van der Waals surface area contributed by atoms with Gasteiger partial charge >= 0.3 is 5.97 Å². The van der Waals surface area contributed by atoms with Crippen molar-refractivity contribution < 1.29 is 23.8 Å². The Labute approximate surface area is 152 Å². The molecule has 0 spiro atoms. The van der Waals surface area contributed by atoms with E-state index in [-0.39, 0.29) is 5.82 Å². The number of nitrogens with zero attached hydrogens (tertiary/aromatic N) is 1. The summed E-state index contributed by atoms with van der Waals surface area (Å²) in [7, 11) is 3.06. The minimum absolute atomic E-state index is 0.376.